The number of nitrogens with zero attached hydrogens (tertiary/aromatic N) is 2. The van der Waals surface area contributed by atoms with Gasteiger partial charge in [-0.05, 0) is 68.7 Å². The van der Waals surface area contributed by atoms with E-state index in [1.54, 1.807) is 43.3 Å². The van der Waals surface area contributed by atoms with E-state index >= 15 is 0 Å². The zero-order chi connectivity index (χ0) is 25.6. The Kier molecular flexibility index (Phi) is 5.78. The molecule has 2 aliphatic rings. The minimum atomic E-state index is -1.33. The van der Waals surface area contributed by atoms with Gasteiger partial charge in [-0.25, -0.2) is 9.18 Å². The number of rotatable bonds is 7. The van der Waals surface area contributed by atoms with E-state index in [0.717, 1.165) is 21.9 Å². The van der Waals surface area contributed by atoms with Crippen molar-refractivity contribution in [3.05, 3.63) is 82.4 Å². The number of imide groups is 1. The fourth-order valence-electron chi connectivity index (χ4n) is 4.79. The van der Waals surface area contributed by atoms with E-state index in [0.29, 0.717) is 35.6 Å². The number of ketones is 1. The Bertz CT molecular complexity index is 1380. The predicted octanol–water partition coefficient (Wildman–Crippen LogP) is 3.87. The summed E-state index contributed by atoms with van der Waals surface area (Å²) >= 11 is 0. The van der Waals surface area contributed by atoms with Crippen molar-refractivity contribution in [2.75, 3.05) is 13.3 Å². The standard InChI is InChI=1S/C27H26FN3O5/c1-16-12-21(17(2)30(16)11-10-18-4-7-20(28)8-5-18)22(32)14-31-25(33)27(3,29-26(31)34)19-6-9-23-24(13-19)36-15-35-23/h4-9,12-13H,10-11,14-15H2,1-3H3,(H,29,34)/t27-/m0/s1. The number of urea groups is 1. The zero-order valence-corrected chi connectivity index (χ0v) is 20.3. The molecule has 1 saturated heterocycles. The second kappa shape index (κ2) is 8.82. The van der Waals surface area contributed by atoms with Crippen LogP contribution in [-0.4, -0.2) is 40.5 Å². The number of carbonyl (C=O) groups is 3. The minimum absolute atomic E-state index is 0.0960. The number of aromatic nitrogens is 1. The SMILES string of the molecule is Cc1cc(C(=O)CN2C(=O)N[C@@](C)(c3ccc4c(c3)OCO4)C2=O)c(C)n1CCc1ccc(F)cc1. The molecule has 2 aromatic carbocycles. The molecule has 2 aliphatic heterocycles. The fraction of sp³-hybridized carbons (Fsp3) is 0.296. The van der Waals surface area contributed by atoms with Crippen molar-refractivity contribution in [3.63, 3.8) is 0 Å². The smallest absolute Gasteiger partial charge is 0.325 e. The normalized spacial score (nSPS) is 18.6. The molecule has 0 radical (unpaired) electrons. The van der Waals surface area contributed by atoms with E-state index in [4.69, 9.17) is 9.47 Å². The summed E-state index contributed by atoms with van der Waals surface area (Å²) in [6.07, 6.45) is 0.672. The first-order chi connectivity index (χ1) is 17.2. The summed E-state index contributed by atoms with van der Waals surface area (Å²) in [6.45, 7) is 5.69. The molecule has 8 nitrogen and oxygen atoms in total. The molecule has 0 unspecified atom stereocenters. The topological polar surface area (TPSA) is 89.9 Å². The van der Waals surface area contributed by atoms with Crippen molar-refractivity contribution in [1.29, 1.82) is 0 Å². The monoisotopic (exact) mass is 491 g/mol. The van der Waals surface area contributed by atoms with E-state index in [-0.39, 0.29) is 24.9 Å². The predicted molar refractivity (Wildman–Crippen MR) is 129 cm³/mol. The lowest BCUT2D eigenvalue weighted by molar-refractivity contribution is -0.130. The van der Waals surface area contributed by atoms with Gasteiger partial charge in [0.15, 0.2) is 17.3 Å². The van der Waals surface area contributed by atoms with Crippen LogP contribution in [-0.2, 0) is 23.3 Å². The molecule has 1 fully saturated rings. The van der Waals surface area contributed by atoms with E-state index in [2.05, 4.69) is 5.32 Å². The van der Waals surface area contributed by atoms with Gasteiger partial charge in [0, 0.05) is 23.5 Å². The third kappa shape index (κ3) is 4.00. The largest absolute Gasteiger partial charge is 0.454 e. The Labute approximate surface area is 207 Å². The second-order valence-corrected chi connectivity index (χ2v) is 9.25. The van der Waals surface area contributed by atoms with E-state index in [9.17, 15) is 18.8 Å². The first-order valence-electron chi connectivity index (χ1n) is 11.7. The molecule has 0 bridgehead atoms. The van der Waals surface area contributed by atoms with E-state index in [1.165, 1.54) is 12.1 Å². The molecule has 1 atom stereocenters. The Balaban J connectivity index is 1.31. The third-order valence-corrected chi connectivity index (χ3v) is 6.94. The van der Waals surface area contributed by atoms with Crippen molar-refractivity contribution < 1.29 is 28.2 Å². The van der Waals surface area contributed by atoms with Gasteiger partial charge >= 0.3 is 6.03 Å². The summed E-state index contributed by atoms with van der Waals surface area (Å²) in [7, 11) is 0. The molecule has 0 spiro atoms. The Morgan fingerprint density at radius 3 is 2.53 bits per heavy atom. The molecule has 3 heterocycles. The number of benzene rings is 2. The summed E-state index contributed by atoms with van der Waals surface area (Å²) in [5, 5.41) is 2.72. The summed E-state index contributed by atoms with van der Waals surface area (Å²) in [6, 6.07) is 12.5. The highest BCUT2D eigenvalue weighted by molar-refractivity contribution is 6.11. The van der Waals surface area contributed by atoms with Gasteiger partial charge in [-0.1, -0.05) is 18.2 Å². The van der Waals surface area contributed by atoms with Crippen LogP contribution in [0.1, 0.15) is 39.8 Å². The number of nitrogens with one attached hydrogen (secondary N) is 1. The van der Waals surface area contributed by atoms with Gasteiger partial charge in [-0.2, -0.15) is 0 Å². The van der Waals surface area contributed by atoms with Gasteiger partial charge in [-0.15, -0.1) is 0 Å². The molecule has 0 saturated carbocycles. The van der Waals surface area contributed by atoms with Crippen molar-refractivity contribution in [1.82, 2.24) is 14.8 Å². The molecule has 5 rings (SSSR count). The molecule has 3 amide bonds. The maximum absolute atomic E-state index is 13.3. The number of fused-ring (bicyclic) bond motifs is 1. The fourth-order valence-corrected chi connectivity index (χ4v) is 4.79. The van der Waals surface area contributed by atoms with Crippen molar-refractivity contribution >= 4 is 17.7 Å². The number of ether oxygens (including phenoxy) is 2. The highest BCUT2D eigenvalue weighted by Crippen LogP contribution is 2.38. The van der Waals surface area contributed by atoms with Crippen molar-refractivity contribution in [2.24, 2.45) is 0 Å². The van der Waals surface area contributed by atoms with E-state index < -0.39 is 17.5 Å². The highest BCUT2D eigenvalue weighted by atomic mass is 19.1. The van der Waals surface area contributed by atoms with Gasteiger partial charge in [-0.3, -0.25) is 14.5 Å². The van der Waals surface area contributed by atoms with Crippen LogP contribution in [0.4, 0.5) is 9.18 Å². The van der Waals surface area contributed by atoms with Crippen LogP contribution < -0.4 is 14.8 Å². The maximum Gasteiger partial charge on any atom is 0.325 e. The van der Waals surface area contributed by atoms with Crippen molar-refractivity contribution in [3.8, 4) is 11.5 Å². The Morgan fingerprint density at radius 1 is 1.06 bits per heavy atom. The average Bonchev–Trinajstić information content (AvgIpc) is 3.50. The van der Waals surface area contributed by atoms with Gasteiger partial charge in [0.2, 0.25) is 6.79 Å². The lowest BCUT2D eigenvalue weighted by Crippen LogP contribution is -2.41. The number of Topliss-reactive ketones (excluding diaryl/α,β-unsaturated/α-hetero) is 1. The highest BCUT2D eigenvalue weighted by Gasteiger charge is 2.50. The number of aryl methyl sites for hydroxylation is 2. The van der Waals surface area contributed by atoms with Gasteiger partial charge in [0.05, 0.1) is 6.54 Å². The van der Waals surface area contributed by atoms with Crippen LogP contribution in [0, 0.1) is 19.7 Å². The molecule has 9 heteroatoms. The summed E-state index contributed by atoms with van der Waals surface area (Å²) < 4.78 is 25.9. The van der Waals surface area contributed by atoms with Gasteiger partial charge < -0.3 is 19.4 Å². The molecule has 1 aromatic heterocycles. The van der Waals surface area contributed by atoms with Crippen LogP contribution in [0.15, 0.2) is 48.5 Å². The number of hydrogen-bond acceptors (Lipinski definition) is 5. The summed E-state index contributed by atoms with van der Waals surface area (Å²) in [5.41, 5.74) is 2.30. The molecule has 1 N–H and O–H groups in total. The van der Waals surface area contributed by atoms with Gasteiger partial charge in [0.25, 0.3) is 5.91 Å². The van der Waals surface area contributed by atoms with E-state index in [1.807, 2.05) is 18.4 Å². The second-order valence-electron chi connectivity index (χ2n) is 9.25. The lowest BCUT2D eigenvalue weighted by Gasteiger charge is -2.22. The number of hydrogen-bond donors (Lipinski definition) is 1. The number of amides is 3. The first-order valence-corrected chi connectivity index (χ1v) is 11.7. The third-order valence-electron chi connectivity index (χ3n) is 6.94. The Morgan fingerprint density at radius 2 is 1.78 bits per heavy atom. The molecule has 186 valence electrons. The summed E-state index contributed by atoms with van der Waals surface area (Å²) in [5.74, 6) is -0.0474. The molecule has 36 heavy (non-hydrogen) atoms. The molecule has 3 aromatic rings. The number of halogens is 1. The van der Waals surface area contributed by atoms with Crippen molar-refractivity contribution in [2.45, 2.75) is 39.3 Å². The Hall–Kier alpha value is -4.14. The van der Waals surface area contributed by atoms with Crippen LogP contribution in [0.3, 0.4) is 0 Å². The summed E-state index contributed by atoms with van der Waals surface area (Å²) in [4.78, 5) is 40.3. The average molecular weight is 492 g/mol. The van der Waals surface area contributed by atoms with Crippen LogP contribution in [0.5, 0.6) is 11.5 Å². The number of carbonyl (C=O) groups excluding carboxylic acids is 3. The molecule has 0 aliphatic carbocycles. The van der Waals surface area contributed by atoms with Crippen LogP contribution in [0.25, 0.3) is 0 Å². The molecular weight excluding hydrogens is 465 g/mol. The zero-order valence-electron chi connectivity index (χ0n) is 20.3. The lowest BCUT2D eigenvalue weighted by atomic mass is 9.91. The molecular formula is C27H26FN3O5. The quantitative estimate of drug-likeness (QED) is 0.400. The first kappa shape index (κ1) is 23.6. The van der Waals surface area contributed by atoms with Crippen LogP contribution in [0.2, 0.25) is 0 Å². The minimum Gasteiger partial charge on any atom is -0.454 e. The maximum atomic E-state index is 13.3. The van der Waals surface area contributed by atoms with Gasteiger partial charge in [0.1, 0.15) is 11.4 Å². The van der Waals surface area contributed by atoms with Crippen LogP contribution >= 0.6 is 0 Å².